The van der Waals surface area contributed by atoms with E-state index in [1.54, 1.807) is 18.2 Å². The van der Waals surface area contributed by atoms with Crippen molar-refractivity contribution in [2.45, 2.75) is 124 Å². The van der Waals surface area contributed by atoms with E-state index in [0.717, 1.165) is 12.0 Å². The molecule has 1 aliphatic rings. The van der Waals surface area contributed by atoms with Gasteiger partial charge in [-0.2, -0.15) is 4.55 Å². The highest BCUT2D eigenvalue weighted by Gasteiger charge is 2.48. The van der Waals surface area contributed by atoms with Crippen molar-refractivity contribution < 1.29 is 38.1 Å². The van der Waals surface area contributed by atoms with E-state index in [0.29, 0.717) is 37.4 Å². The van der Waals surface area contributed by atoms with Gasteiger partial charge in [0.25, 0.3) is 5.91 Å². The minimum absolute atomic E-state index is 0.0346. The van der Waals surface area contributed by atoms with Crippen molar-refractivity contribution in [2.24, 2.45) is 22.7 Å². The molecule has 1 heterocycles. The molecule has 0 aliphatic carbocycles. The van der Waals surface area contributed by atoms with Gasteiger partial charge in [0.2, 0.25) is 28.7 Å². The number of hydrogen-bond acceptors (Lipinski definition) is 6. The number of nitrogens with one attached hydrogen (secondary N) is 4. The molecule has 0 bridgehead atoms. The predicted octanol–water partition coefficient (Wildman–Crippen LogP) is 2.83. The fraction of sp³-hybridized carbons (Fsp3) is 0.658. The minimum Gasteiger partial charge on any atom is -0.346 e. The zero-order valence-electron chi connectivity index (χ0n) is 32.6. The van der Waals surface area contributed by atoms with E-state index in [-0.39, 0.29) is 36.3 Å². The third kappa shape index (κ3) is 12.8. The molecule has 0 aromatic heterocycles. The lowest BCUT2D eigenvalue weighted by Crippen LogP contribution is -2.87. The van der Waals surface area contributed by atoms with Gasteiger partial charge >= 0.3 is 6.03 Å². The van der Waals surface area contributed by atoms with Crippen LogP contribution in [0.2, 0.25) is 0 Å². The summed E-state index contributed by atoms with van der Waals surface area (Å²) in [7, 11) is 0. The highest BCUT2D eigenvalue weighted by molar-refractivity contribution is 7.79. The second-order valence-corrected chi connectivity index (χ2v) is 17.2. The Morgan fingerprint density at radius 3 is 2.25 bits per heavy atom. The van der Waals surface area contributed by atoms with Crippen LogP contribution in [0.25, 0.3) is 0 Å². The first-order chi connectivity index (χ1) is 24.2. The standard InChI is InChI=1S/C38H62N6O7S/c1-11-13-17-27(31(45)34(47)40-20-12-2)41-33(46)30-26(24(3)4)19-21-44(30)35(48)32(38(8,9)10)43-36(49)42-29(37(5,6)7)23-39-22-25-16-14-15-18-28(25)52(50)51/h12,14-16,18,24,26-27,29-30,32,39H,2,11,13,17,19-23H2,1,3-10H3,(H,40,47)(H,41,46)(H,50,51)(H2,42,43,49)/p+2/t26-,27?,29-,30+,32-/m1/s1. The molecule has 2 unspecified atom stereocenters. The van der Waals surface area contributed by atoms with Crippen LogP contribution in [0.15, 0.2) is 41.8 Å². The Balaban J connectivity index is 2.29. The molecule has 52 heavy (non-hydrogen) atoms. The molecule has 0 spiro atoms. The van der Waals surface area contributed by atoms with Gasteiger partial charge in [-0.05, 0) is 47.6 Å². The van der Waals surface area contributed by atoms with E-state index in [4.69, 9.17) is 0 Å². The molecule has 1 aliphatic heterocycles. The van der Waals surface area contributed by atoms with Crippen molar-refractivity contribution in [1.82, 2.24) is 26.2 Å². The first-order valence-electron chi connectivity index (χ1n) is 18.4. The maximum Gasteiger partial charge on any atom is 0.315 e. The van der Waals surface area contributed by atoms with Crippen molar-refractivity contribution in [3.05, 3.63) is 42.5 Å². The second-order valence-electron chi connectivity index (χ2n) is 16.2. The van der Waals surface area contributed by atoms with Crippen molar-refractivity contribution in [2.75, 3.05) is 19.6 Å². The van der Waals surface area contributed by atoms with Gasteiger partial charge in [-0.15, -0.1) is 6.58 Å². The Hall–Kier alpha value is -3.62. The number of Topliss-reactive ketones (excluding diaryl/α,β-unsaturated/α-hetero) is 1. The summed E-state index contributed by atoms with van der Waals surface area (Å²) in [5.41, 5.74) is -0.363. The van der Waals surface area contributed by atoms with E-state index in [1.807, 2.05) is 73.7 Å². The fourth-order valence-electron chi connectivity index (χ4n) is 6.49. The lowest BCUT2D eigenvalue weighted by Gasteiger charge is -2.37. The number of urea groups is 1. The number of carbonyl (C=O) groups is 5. The molecule has 14 heteroatoms. The minimum atomic E-state index is -2.49. The molecule has 1 fully saturated rings. The van der Waals surface area contributed by atoms with Crippen LogP contribution in [0.3, 0.4) is 0 Å². The van der Waals surface area contributed by atoms with E-state index >= 15 is 0 Å². The monoisotopic (exact) mass is 748 g/mol. The number of quaternary nitrogens is 1. The molecule has 0 saturated carbocycles. The summed E-state index contributed by atoms with van der Waals surface area (Å²) in [6, 6.07) is 3.16. The predicted molar refractivity (Wildman–Crippen MR) is 204 cm³/mol. The first-order valence-corrected chi connectivity index (χ1v) is 19.6. The number of nitrogens with two attached hydrogens (primary N) is 1. The summed E-state index contributed by atoms with van der Waals surface area (Å²) in [4.78, 5) is 69.7. The zero-order valence-corrected chi connectivity index (χ0v) is 33.5. The van der Waals surface area contributed by atoms with E-state index in [9.17, 15) is 32.7 Å². The molecule has 13 nitrogen and oxygen atoms in total. The Morgan fingerprint density at radius 2 is 1.69 bits per heavy atom. The lowest BCUT2D eigenvalue weighted by atomic mass is 9.84. The highest BCUT2D eigenvalue weighted by Crippen LogP contribution is 2.33. The molecule has 7 N–H and O–H groups in total. The summed E-state index contributed by atoms with van der Waals surface area (Å²) in [6.07, 6.45) is 3.68. The topological polar surface area (TPSA) is 191 Å². The summed E-state index contributed by atoms with van der Waals surface area (Å²) in [6.45, 7) is 22.3. The van der Waals surface area contributed by atoms with Crippen LogP contribution in [-0.4, -0.2) is 82.8 Å². The summed E-state index contributed by atoms with van der Waals surface area (Å²) in [5, 5.41) is 13.3. The molecule has 5 amide bonds. The van der Waals surface area contributed by atoms with Crippen molar-refractivity contribution in [3.63, 3.8) is 0 Å². The van der Waals surface area contributed by atoms with Gasteiger partial charge in [-0.1, -0.05) is 97.6 Å². The maximum absolute atomic E-state index is 14.4. The fourth-order valence-corrected chi connectivity index (χ4v) is 7.12. The van der Waals surface area contributed by atoms with E-state index in [1.165, 1.54) is 11.0 Å². The molecule has 1 aromatic carbocycles. The number of hydrogen-bond donors (Lipinski definition) is 6. The van der Waals surface area contributed by atoms with Crippen LogP contribution in [0.4, 0.5) is 4.79 Å². The zero-order chi connectivity index (χ0) is 39.4. The quantitative estimate of drug-likeness (QED) is 0.0576. The smallest absolute Gasteiger partial charge is 0.315 e. The molecule has 2 rings (SSSR count). The average molecular weight is 749 g/mol. The summed E-state index contributed by atoms with van der Waals surface area (Å²) < 4.78 is 21.5. The van der Waals surface area contributed by atoms with E-state index in [2.05, 4.69) is 27.8 Å². The molecular weight excluding hydrogens is 685 g/mol. The number of nitrogens with zero attached hydrogens (tertiary/aromatic N) is 1. The van der Waals surface area contributed by atoms with Crippen molar-refractivity contribution in [3.8, 4) is 0 Å². The number of ketones is 1. The molecular formula is C38H64N6O7S+2. The van der Waals surface area contributed by atoms with Crippen LogP contribution < -0.4 is 26.6 Å². The molecule has 6 atom stereocenters. The number of benzene rings is 1. The summed E-state index contributed by atoms with van der Waals surface area (Å²) >= 11 is -2.49. The average Bonchev–Trinajstić information content (AvgIpc) is 3.52. The number of carbonyl (C=O) groups excluding carboxylic acids is 5. The van der Waals surface area contributed by atoms with Crippen LogP contribution in [0.5, 0.6) is 0 Å². The SMILES string of the molecule is C=CCNC(=O)C(=O)C(CCCC)NC(=O)[C@@H]1[C@@H](C(C)C)CCN1C(=O)[C@@H](NC(=O)N[C@H](C[NH2+]Cc1ccccc1[SH+](=O)O)C(C)(C)C)C(C)(C)C. The van der Waals surface area contributed by atoms with Gasteiger partial charge in [0.15, 0.2) is 4.90 Å². The van der Waals surface area contributed by atoms with Crippen LogP contribution in [-0.2, 0) is 41.0 Å². The number of likely N-dealkylation sites (tertiary alicyclic amines) is 1. The van der Waals surface area contributed by atoms with Crippen LogP contribution in [0.1, 0.15) is 93.6 Å². The Labute approximate surface area is 312 Å². The Kier molecular flexibility index (Phi) is 17.1. The Bertz CT molecular complexity index is 1440. The molecule has 0 radical (unpaired) electrons. The van der Waals surface area contributed by atoms with Gasteiger partial charge in [0.1, 0.15) is 18.6 Å². The number of amides is 5. The second kappa shape index (κ2) is 20.0. The number of unbranched alkanes of at least 4 members (excludes halogenated alkanes) is 1. The molecule has 292 valence electrons. The van der Waals surface area contributed by atoms with Gasteiger partial charge in [0.05, 0.1) is 24.2 Å². The van der Waals surface area contributed by atoms with Gasteiger partial charge < -0.3 is 31.5 Å². The van der Waals surface area contributed by atoms with E-state index < -0.39 is 64.2 Å². The molecule has 1 aromatic rings. The highest BCUT2D eigenvalue weighted by atomic mass is 32.2. The summed E-state index contributed by atoms with van der Waals surface area (Å²) in [5.74, 6) is -2.62. The van der Waals surface area contributed by atoms with Crippen molar-refractivity contribution in [1.29, 1.82) is 0 Å². The molecule has 1 saturated heterocycles. The lowest BCUT2D eigenvalue weighted by molar-refractivity contribution is -0.674. The van der Waals surface area contributed by atoms with Gasteiger partial charge in [-0.3, -0.25) is 19.2 Å². The van der Waals surface area contributed by atoms with Crippen LogP contribution in [0, 0.1) is 22.7 Å². The van der Waals surface area contributed by atoms with Gasteiger partial charge in [0, 0.05) is 13.1 Å². The number of rotatable bonds is 18. The third-order valence-corrected chi connectivity index (χ3v) is 10.5. The van der Waals surface area contributed by atoms with Crippen LogP contribution >= 0.6 is 0 Å². The third-order valence-electron chi connectivity index (χ3n) is 9.67. The van der Waals surface area contributed by atoms with Crippen molar-refractivity contribution >= 4 is 40.6 Å². The maximum atomic E-state index is 14.4. The largest absolute Gasteiger partial charge is 0.346 e. The Morgan fingerprint density at radius 1 is 1.04 bits per heavy atom. The first kappa shape index (κ1) is 44.5. The number of thiol groups is 1. The van der Waals surface area contributed by atoms with Gasteiger partial charge in [-0.25, -0.2) is 4.79 Å². The normalized spacial score (nSPS) is 18.6.